The quantitative estimate of drug-likeness (QED) is 0.443. The number of hydrogen-bond acceptors (Lipinski definition) is 5. The van der Waals surface area contributed by atoms with Gasteiger partial charge < -0.3 is 19.3 Å². The summed E-state index contributed by atoms with van der Waals surface area (Å²) in [7, 11) is 1.59. The van der Waals surface area contributed by atoms with Crippen molar-refractivity contribution in [3.8, 4) is 11.5 Å². The van der Waals surface area contributed by atoms with Crippen LogP contribution in [0.2, 0.25) is 0 Å². The highest BCUT2D eigenvalue weighted by molar-refractivity contribution is 7.10. The maximum atomic E-state index is 13.6. The molecule has 2 heterocycles. The minimum atomic E-state index is -0.411. The van der Waals surface area contributed by atoms with E-state index in [9.17, 15) is 14.0 Å². The van der Waals surface area contributed by atoms with Crippen molar-refractivity contribution in [3.05, 3.63) is 81.8 Å². The number of para-hydroxylation sites is 2. The van der Waals surface area contributed by atoms with Gasteiger partial charge in [-0.25, -0.2) is 4.39 Å². The van der Waals surface area contributed by atoms with Gasteiger partial charge in [0.15, 0.2) is 11.5 Å². The summed E-state index contributed by atoms with van der Waals surface area (Å²) in [5.41, 5.74) is 1.42. The Morgan fingerprint density at radius 3 is 2.51 bits per heavy atom. The van der Waals surface area contributed by atoms with E-state index in [1.165, 1.54) is 34.0 Å². The number of thiophene rings is 1. The molecular weight excluding hydrogens is 467 g/mol. The van der Waals surface area contributed by atoms with Gasteiger partial charge in [-0.2, -0.15) is 0 Å². The molecular formula is C27H29FN2O4S. The molecule has 1 aliphatic heterocycles. The van der Waals surface area contributed by atoms with E-state index < -0.39 is 5.82 Å². The van der Waals surface area contributed by atoms with Crippen molar-refractivity contribution in [2.75, 3.05) is 26.8 Å². The average Bonchev–Trinajstić information content (AvgIpc) is 3.35. The van der Waals surface area contributed by atoms with Gasteiger partial charge in [0.05, 0.1) is 13.2 Å². The minimum absolute atomic E-state index is 0.0709. The van der Waals surface area contributed by atoms with Gasteiger partial charge in [0.1, 0.15) is 19.0 Å². The second-order valence-electron chi connectivity index (χ2n) is 8.65. The summed E-state index contributed by atoms with van der Waals surface area (Å²) in [6.07, 6.45) is 0.761. The van der Waals surface area contributed by atoms with Crippen molar-refractivity contribution in [3.63, 3.8) is 0 Å². The summed E-state index contributed by atoms with van der Waals surface area (Å²) < 4.78 is 24.9. The van der Waals surface area contributed by atoms with Crippen LogP contribution in [0.3, 0.4) is 0 Å². The van der Waals surface area contributed by atoms with Gasteiger partial charge in [0.25, 0.3) is 5.91 Å². The predicted molar refractivity (Wildman–Crippen MR) is 134 cm³/mol. The van der Waals surface area contributed by atoms with Crippen molar-refractivity contribution >= 4 is 23.2 Å². The molecule has 2 amide bonds. The molecule has 0 radical (unpaired) electrons. The summed E-state index contributed by atoms with van der Waals surface area (Å²) in [4.78, 5) is 31.3. The van der Waals surface area contributed by atoms with Crippen LogP contribution in [0, 0.1) is 5.82 Å². The van der Waals surface area contributed by atoms with Gasteiger partial charge in [0.2, 0.25) is 5.91 Å². The van der Waals surface area contributed by atoms with E-state index in [4.69, 9.17) is 9.47 Å². The van der Waals surface area contributed by atoms with Crippen molar-refractivity contribution in [1.82, 2.24) is 9.80 Å². The fraction of sp³-hybridized carbons (Fsp3) is 0.333. The lowest BCUT2D eigenvalue weighted by atomic mass is 10.00. The van der Waals surface area contributed by atoms with Crippen molar-refractivity contribution in [2.24, 2.45) is 0 Å². The smallest absolute Gasteiger partial charge is 0.254 e. The van der Waals surface area contributed by atoms with Crippen LogP contribution in [0.1, 0.15) is 40.7 Å². The Balaban J connectivity index is 1.54. The summed E-state index contributed by atoms with van der Waals surface area (Å²) in [6, 6.07) is 14.4. The molecule has 1 unspecified atom stereocenters. The van der Waals surface area contributed by atoms with Crippen molar-refractivity contribution in [1.29, 1.82) is 0 Å². The predicted octanol–water partition coefficient (Wildman–Crippen LogP) is 4.95. The molecule has 0 spiro atoms. The molecule has 184 valence electrons. The van der Waals surface area contributed by atoms with Crippen LogP contribution in [-0.2, 0) is 11.2 Å². The second kappa shape index (κ2) is 10.9. The minimum Gasteiger partial charge on any atom is -0.493 e. The van der Waals surface area contributed by atoms with Crippen LogP contribution in [0.4, 0.5) is 4.39 Å². The highest BCUT2D eigenvalue weighted by Gasteiger charge is 2.34. The van der Waals surface area contributed by atoms with E-state index in [1.54, 1.807) is 23.3 Å². The lowest BCUT2D eigenvalue weighted by Gasteiger charge is -2.37. The van der Waals surface area contributed by atoms with Crippen LogP contribution < -0.4 is 9.47 Å². The first-order valence-electron chi connectivity index (χ1n) is 11.6. The molecule has 1 aliphatic rings. The number of ether oxygens (including phenoxy) is 2. The number of halogens is 1. The van der Waals surface area contributed by atoms with Gasteiger partial charge in [-0.1, -0.05) is 12.1 Å². The van der Waals surface area contributed by atoms with Crippen molar-refractivity contribution in [2.45, 2.75) is 32.4 Å². The normalized spacial score (nSPS) is 15.0. The van der Waals surface area contributed by atoms with E-state index in [-0.39, 0.29) is 37.0 Å². The third kappa shape index (κ3) is 5.48. The largest absolute Gasteiger partial charge is 0.493 e. The molecule has 8 heteroatoms. The highest BCUT2D eigenvalue weighted by atomic mass is 32.1. The lowest BCUT2D eigenvalue weighted by molar-refractivity contribution is -0.136. The molecule has 0 fully saturated rings. The molecule has 4 rings (SSSR count). The molecule has 0 saturated heterocycles. The summed E-state index contributed by atoms with van der Waals surface area (Å²) in [5.74, 6) is 0.372. The molecule has 0 aliphatic carbocycles. The van der Waals surface area contributed by atoms with Crippen LogP contribution in [-0.4, -0.2) is 54.5 Å². The fourth-order valence-corrected chi connectivity index (χ4v) is 5.19. The molecule has 3 aromatic rings. The SMILES string of the molecule is COc1ccccc1OCC1c2ccsc2CCN1C(=O)CN(C(=O)c1ccc(F)cc1)C(C)C. The van der Waals surface area contributed by atoms with Gasteiger partial charge in [-0.05, 0) is 73.7 Å². The van der Waals surface area contributed by atoms with Gasteiger partial charge in [-0.3, -0.25) is 9.59 Å². The van der Waals surface area contributed by atoms with E-state index in [2.05, 4.69) is 0 Å². The first kappa shape index (κ1) is 24.7. The Morgan fingerprint density at radius 1 is 1.11 bits per heavy atom. The first-order chi connectivity index (χ1) is 16.9. The number of carbonyl (C=O) groups is 2. The third-order valence-electron chi connectivity index (χ3n) is 6.16. The summed E-state index contributed by atoms with van der Waals surface area (Å²) in [5, 5.41) is 2.03. The Kier molecular flexibility index (Phi) is 7.70. The van der Waals surface area contributed by atoms with E-state index >= 15 is 0 Å². The molecule has 2 aromatic carbocycles. The number of nitrogens with zero attached hydrogens (tertiary/aromatic N) is 2. The van der Waals surface area contributed by atoms with Crippen LogP contribution >= 0.6 is 11.3 Å². The molecule has 0 N–H and O–H groups in total. The van der Waals surface area contributed by atoms with Gasteiger partial charge >= 0.3 is 0 Å². The Morgan fingerprint density at radius 2 is 1.83 bits per heavy atom. The zero-order valence-electron chi connectivity index (χ0n) is 20.1. The Labute approximate surface area is 208 Å². The zero-order valence-corrected chi connectivity index (χ0v) is 20.9. The Bertz CT molecular complexity index is 1180. The molecule has 1 aromatic heterocycles. The fourth-order valence-electron chi connectivity index (χ4n) is 4.27. The van der Waals surface area contributed by atoms with E-state index in [0.29, 0.717) is 23.6 Å². The first-order valence-corrected chi connectivity index (χ1v) is 12.4. The standard InChI is InChI=1S/C27H29FN2O4S/c1-18(2)30(27(32)19-8-10-20(28)11-9-19)16-26(31)29-14-12-25-21(13-15-35-25)22(29)17-34-24-7-5-4-6-23(24)33-3/h4-11,13,15,18,22H,12,14,16-17H2,1-3H3. The number of rotatable bonds is 8. The summed E-state index contributed by atoms with van der Waals surface area (Å²) >= 11 is 1.68. The number of fused-ring (bicyclic) bond motifs is 1. The monoisotopic (exact) mass is 496 g/mol. The highest BCUT2D eigenvalue weighted by Crippen LogP contribution is 2.35. The van der Waals surface area contributed by atoms with Crippen LogP contribution in [0.15, 0.2) is 60.0 Å². The number of benzene rings is 2. The molecule has 0 saturated carbocycles. The van der Waals surface area contributed by atoms with Crippen LogP contribution in [0.25, 0.3) is 0 Å². The maximum absolute atomic E-state index is 13.6. The lowest BCUT2D eigenvalue weighted by Crippen LogP contribution is -2.49. The maximum Gasteiger partial charge on any atom is 0.254 e. The van der Waals surface area contributed by atoms with Gasteiger partial charge in [-0.15, -0.1) is 11.3 Å². The number of carbonyl (C=O) groups excluding carboxylic acids is 2. The van der Waals surface area contributed by atoms with E-state index in [0.717, 1.165) is 12.0 Å². The number of hydrogen-bond donors (Lipinski definition) is 0. The molecule has 6 nitrogen and oxygen atoms in total. The second-order valence-corrected chi connectivity index (χ2v) is 9.65. The third-order valence-corrected chi connectivity index (χ3v) is 7.16. The number of amides is 2. The van der Waals surface area contributed by atoms with E-state index in [1.807, 2.05) is 49.6 Å². The number of methoxy groups -OCH3 is 1. The molecule has 1 atom stereocenters. The molecule has 35 heavy (non-hydrogen) atoms. The molecule has 0 bridgehead atoms. The zero-order chi connectivity index (χ0) is 24.9. The summed E-state index contributed by atoms with van der Waals surface area (Å²) in [6.45, 7) is 4.47. The van der Waals surface area contributed by atoms with Gasteiger partial charge in [0, 0.05) is 23.0 Å². The Hall–Kier alpha value is -3.39. The van der Waals surface area contributed by atoms with Crippen LogP contribution in [0.5, 0.6) is 11.5 Å². The average molecular weight is 497 g/mol. The van der Waals surface area contributed by atoms with Crippen molar-refractivity contribution < 1.29 is 23.5 Å². The topological polar surface area (TPSA) is 59.1 Å².